The van der Waals surface area contributed by atoms with Crippen LogP contribution >= 0.6 is 0 Å². The zero-order valence-electron chi connectivity index (χ0n) is 17.0. The van der Waals surface area contributed by atoms with E-state index >= 15 is 0 Å². The molecule has 0 saturated carbocycles. The molecule has 3 aromatic rings. The maximum absolute atomic E-state index is 12.9. The van der Waals surface area contributed by atoms with E-state index in [1.54, 1.807) is 7.05 Å². The van der Waals surface area contributed by atoms with Crippen molar-refractivity contribution in [3.63, 3.8) is 0 Å². The molecule has 152 valence electrons. The first-order valence-electron chi connectivity index (χ1n) is 9.83. The number of anilines is 1. The smallest absolute Gasteiger partial charge is 0.255 e. The summed E-state index contributed by atoms with van der Waals surface area (Å²) in [4.78, 5) is 19.1. The minimum absolute atomic E-state index is 0.0709. The van der Waals surface area contributed by atoms with E-state index in [9.17, 15) is 9.90 Å². The number of imidazole rings is 1. The molecule has 29 heavy (non-hydrogen) atoms. The van der Waals surface area contributed by atoms with Crippen molar-refractivity contribution in [2.24, 2.45) is 0 Å². The second-order valence-corrected chi connectivity index (χ2v) is 7.44. The van der Waals surface area contributed by atoms with Crippen LogP contribution in [0.5, 0.6) is 5.75 Å². The molecule has 1 aliphatic heterocycles. The first-order chi connectivity index (χ1) is 14.0. The quantitative estimate of drug-likeness (QED) is 0.696. The lowest BCUT2D eigenvalue weighted by atomic mass is 10.0. The number of nitrogens with one attached hydrogen (secondary N) is 1. The molecule has 7 heteroatoms. The molecular weight excluding hydrogens is 368 g/mol. The van der Waals surface area contributed by atoms with Gasteiger partial charge in [-0.05, 0) is 26.0 Å². The van der Waals surface area contributed by atoms with Gasteiger partial charge in [-0.1, -0.05) is 18.2 Å². The van der Waals surface area contributed by atoms with Crippen molar-refractivity contribution in [1.82, 2.24) is 14.3 Å². The van der Waals surface area contributed by atoms with Crippen LogP contribution in [0.4, 0.5) is 5.69 Å². The Bertz CT molecular complexity index is 1060. The number of rotatable bonds is 5. The van der Waals surface area contributed by atoms with Gasteiger partial charge < -0.3 is 24.5 Å². The fourth-order valence-electron chi connectivity index (χ4n) is 3.75. The van der Waals surface area contributed by atoms with Crippen molar-refractivity contribution in [3.05, 3.63) is 59.0 Å². The molecule has 1 unspecified atom stereocenters. The summed E-state index contributed by atoms with van der Waals surface area (Å²) in [6.07, 6.45) is 2.65. The zero-order chi connectivity index (χ0) is 20.5. The largest absolute Gasteiger partial charge is 0.493 e. The predicted octanol–water partition coefficient (Wildman–Crippen LogP) is 2.95. The third-order valence-electron chi connectivity index (χ3n) is 5.51. The Morgan fingerprint density at radius 3 is 2.97 bits per heavy atom. The second kappa shape index (κ2) is 7.75. The highest BCUT2D eigenvalue weighted by Crippen LogP contribution is 2.35. The Morgan fingerprint density at radius 2 is 2.17 bits per heavy atom. The summed E-state index contributed by atoms with van der Waals surface area (Å²) in [5.41, 5.74) is 5.18. The summed E-state index contributed by atoms with van der Waals surface area (Å²) >= 11 is 0. The molecule has 0 saturated heterocycles. The van der Waals surface area contributed by atoms with E-state index < -0.39 is 0 Å². The summed E-state index contributed by atoms with van der Waals surface area (Å²) in [5, 5.41) is 12.8. The maximum atomic E-state index is 12.9. The van der Waals surface area contributed by atoms with Gasteiger partial charge in [0.15, 0.2) is 5.65 Å². The Kier molecular flexibility index (Phi) is 5.15. The number of nitrogens with zero attached hydrogens (tertiary/aromatic N) is 3. The van der Waals surface area contributed by atoms with Gasteiger partial charge in [-0.15, -0.1) is 0 Å². The van der Waals surface area contributed by atoms with Gasteiger partial charge in [-0.2, -0.15) is 0 Å². The Morgan fingerprint density at radius 1 is 1.38 bits per heavy atom. The standard InChI is InChI=1S/C22H26N4O3/c1-14-15(2)26-13-16(22(28)25(3)9-10-27)12-19(21(26)23-14)24-18-8-11-29-20-7-5-4-6-17(18)20/h4-7,12-13,18,24,27H,8-11H2,1-3H3. The fraction of sp³-hybridized carbons (Fsp3) is 0.364. The number of para-hydroxylation sites is 1. The number of amides is 1. The van der Waals surface area contributed by atoms with Gasteiger partial charge in [0.25, 0.3) is 5.91 Å². The molecule has 1 atom stereocenters. The van der Waals surface area contributed by atoms with E-state index in [2.05, 4.69) is 11.4 Å². The predicted molar refractivity (Wildman–Crippen MR) is 112 cm³/mol. The van der Waals surface area contributed by atoms with E-state index in [4.69, 9.17) is 9.72 Å². The minimum Gasteiger partial charge on any atom is -0.493 e. The van der Waals surface area contributed by atoms with Crippen molar-refractivity contribution >= 4 is 17.2 Å². The second-order valence-electron chi connectivity index (χ2n) is 7.44. The van der Waals surface area contributed by atoms with Crippen LogP contribution in [-0.4, -0.2) is 52.1 Å². The molecule has 0 fully saturated rings. The number of aryl methyl sites for hydroxylation is 2. The Hall–Kier alpha value is -3.06. The summed E-state index contributed by atoms with van der Waals surface area (Å²) in [6, 6.07) is 9.95. The van der Waals surface area contributed by atoms with Gasteiger partial charge >= 0.3 is 0 Å². The Balaban J connectivity index is 1.77. The highest BCUT2D eigenvalue weighted by atomic mass is 16.5. The van der Waals surface area contributed by atoms with Gasteiger partial charge in [-0.3, -0.25) is 4.79 Å². The van der Waals surface area contributed by atoms with Crippen molar-refractivity contribution in [3.8, 4) is 5.75 Å². The van der Waals surface area contributed by atoms with Crippen LogP contribution < -0.4 is 10.1 Å². The van der Waals surface area contributed by atoms with E-state index in [1.807, 2.05) is 48.7 Å². The third-order valence-corrected chi connectivity index (χ3v) is 5.51. The molecule has 1 aliphatic rings. The average Bonchev–Trinajstić information content (AvgIpc) is 3.02. The van der Waals surface area contributed by atoms with Crippen LogP contribution in [0.3, 0.4) is 0 Å². The average molecular weight is 394 g/mol. The number of benzene rings is 1. The molecule has 2 N–H and O–H groups in total. The molecule has 0 bridgehead atoms. The summed E-state index contributed by atoms with van der Waals surface area (Å²) in [5.74, 6) is 0.750. The number of aliphatic hydroxyl groups is 1. The van der Waals surface area contributed by atoms with Crippen molar-refractivity contribution in [2.45, 2.75) is 26.3 Å². The highest BCUT2D eigenvalue weighted by molar-refractivity contribution is 5.96. The number of aliphatic hydroxyl groups excluding tert-OH is 1. The minimum atomic E-state index is -0.137. The maximum Gasteiger partial charge on any atom is 0.255 e. The summed E-state index contributed by atoms with van der Waals surface area (Å²) < 4.78 is 7.74. The number of aromatic nitrogens is 2. The third kappa shape index (κ3) is 3.53. The number of likely N-dealkylation sites (N-methyl/N-ethyl adjacent to an activating group) is 1. The lowest BCUT2D eigenvalue weighted by Crippen LogP contribution is -2.30. The van der Waals surface area contributed by atoms with Crippen LogP contribution in [0.2, 0.25) is 0 Å². The monoisotopic (exact) mass is 394 g/mol. The van der Waals surface area contributed by atoms with Gasteiger partial charge in [0.2, 0.25) is 0 Å². The van der Waals surface area contributed by atoms with Crippen LogP contribution in [0.25, 0.3) is 5.65 Å². The van der Waals surface area contributed by atoms with Gasteiger partial charge in [0, 0.05) is 37.5 Å². The van der Waals surface area contributed by atoms with Gasteiger partial charge in [0.05, 0.1) is 36.2 Å². The lowest BCUT2D eigenvalue weighted by molar-refractivity contribution is 0.0766. The normalized spacial score (nSPS) is 15.7. The number of carbonyl (C=O) groups excluding carboxylic acids is 1. The van der Waals surface area contributed by atoms with Crippen LogP contribution in [-0.2, 0) is 0 Å². The van der Waals surface area contributed by atoms with Gasteiger partial charge in [-0.25, -0.2) is 4.98 Å². The van der Waals surface area contributed by atoms with Gasteiger partial charge in [0.1, 0.15) is 5.75 Å². The van der Waals surface area contributed by atoms with Crippen molar-refractivity contribution in [2.75, 3.05) is 32.1 Å². The van der Waals surface area contributed by atoms with E-state index in [0.29, 0.717) is 12.2 Å². The molecule has 0 aliphatic carbocycles. The molecule has 0 spiro atoms. The first-order valence-corrected chi connectivity index (χ1v) is 9.83. The number of hydrogen-bond acceptors (Lipinski definition) is 5. The number of fused-ring (bicyclic) bond motifs is 2. The molecule has 3 heterocycles. The molecule has 2 aromatic heterocycles. The molecule has 4 rings (SSSR count). The topological polar surface area (TPSA) is 79.1 Å². The van der Waals surface area contributed by atoms with Crippen molar-refractivity contribution in [1.29, 1.82) is 0 Å². The lowest BCUT2D eigenvalue weighted by Gasteiger charge is -2.28. The number of pyridine rings is 1. The molecule has 1 aromatic carbocycles. The fourth-order valence-corrected chi connectivity index (χ4v) is 3.75. The SMILES string of the molecule is Cc1nc2c(NC3CCOc4ccccc43)cc(C(=O)N(C)CCO)cn2c1C. The van der Waals surface area contributed by atoms with Crippen LogP contribution in [0.15, 0.2) is 36.5 Å². The van der Waals surface area contributed by atoms with Crippen LogP contribution in [0.1, 0.15) is 39.8 Å². The van der Waals surface area contributed by atoms with E-state index in [-0.39, 0.29) is 25.1 Å². The molecular formula is C22H26N4O3. The zero-order valence-corrected chi connectivity index (χ0v) is 17.0. The molecule has 7 nitrogen and oxygen atoms in total. The number of ether oxygens (including phenoxy) is 1. The van der Waals surface area contributed by atoms with Crippen LogP contribution in [0, 0.1) is 13.8 Å². The molecule has 1 amide bonds. The van der Waals surface area contributed by atoms with E-state index in [0.717, 1.165) is 40.5 Å². The Labute approximate surface area is 169 Å². The summed E-state index contributed by atoms with van der Waals surface area (Å²) in [6.45, 7) is 4.81. The number of hydrogen-bond donors (Lipinski definition) is 2. The van der Waals surface area contributed by atoms with E-state index in [1.165, 1.54) is 4.90 Å². The number of carbonyl (C=O) groups is 1. The van der Waals surface area contributed by atoms with Crippen molar-refractivity contribution < 1.29 is 14.6 Å². The first kappa shape index (κ1) is 19.3. The summed E-state index contributed by atoms with van der Waals surface area (Å²) in [7, 11) is 1.69. The molecule has 0 radical (unpaired) electrons. The highest BCUT2D eigenvalue weighted by Gasteiger charge is 2.23.